The van der Waals surface area contributed by atoms with E-state index in [9.17, 15) is 4.79 Å². The Kier molecular flexibility index (Phi) is 9.20. The number of hydrogen-bond acceptors (Lipinski definition) is 3. The Morgan fingerprint density at radius 1 is 1.13 bits per heavy atom. The van der Waals surface area contributed by atoms with Crippen LogP contribution in [0.1, 0.15) is 58.3 Å². The smallest absolute Gasteiger partial charge is 0.237 e. The van der Waals surface area contributed by atoms with Crippen LogP contribution in [0.25, 0.3) is 0 Å². The molecule has 23 heavy (non-hydrogen) atoms. The Balaban J connectivity index is 0.00000132. The summed E-state index contributed by atoms with van der Waals surface area (Å²) in [6.45, 7) is 5.72. The van der Waals surface area contributed by atoms with Crippen LogP contribution >= 0.6 is 24.8 Å². The molecule has 3 fully saturated rings. The number of carbonyl (C=O) groups is 1. The topological polar surface area (TPSA) is 44.4 Å². The first-order chi connectivity index (χ1) is 10.3. The minimum Gasteiger partial charge on any atom is -0.352 e. The van der Waals surface area contributed by atoms with Crippen molar-refractivity contribution in [2.75, 3.05) is 19.6 Å². The Morgan fingerprint density at radius 3 is 2.48 bits per heavy atom. The molecule has 0 aromatic carbocycles. The van der Waals surface area contributed by atoms with Gasteiger partial charge < -0.3 is 15.5 Å². The van der Waals surface area contributed by atoms with Gasteiger partial charge in [0.1, 0.15) is 0 Å². The molecule has 3 rings (SSSR count). The maximum absolute atomic E-state index is 12.5. The highest BCUT2D eigenvalue weighted by molar-refractivity contribution is 5.85. The number of fused-ring (bicyclic) bond motifs is 1. The molecular weight excluding hydrogens is 333 g/mol. The van der Waals surface area contributed by atoms with Crippen molar-refractivity contribution in [1.29, 1.82) is 0 Å². The molecule has 2 heterocycles. The maximum atomic E-state index is 12.5. The number of amides is 1. The Morgan fingerprint density at radius 2 is 1.83 bits per heavy atom. The molecule has 0 spiro atoms. The quantitative estimate of drug-likeness (QED) is 0.804. The third-order valence-electron chi connectivity index (χ3n) is 5.65. The summed E-state index contributed by atoms with van der Waals surface area (Å²) in [4.78, 5) is 15.0. The first kappa shape index (κ1) is 21.0. The van der Waals surface area contributed by atoms with Crippen molar-refractivity contribution in [2.24, 2.45) is 5.92 Å². The number of likely N-dealkylation sites (tertiary alicyclic amines) is 1. The van der Waals surface area contributed by atoms with Gasteiger partial charge in [-0.25, -0.2) is 0 Å². The molecule has 3 unspecified atom stereocenters. The molecule has 0 aromatic heterocycles. The van der Waals surface area contributed by atoms with Crippen molar-refractivity contribution in [2.45, 2.75) is 76.4 Å². The molecule has 3 atom stereocenters. The van der Waals surface area contributed by atoms with Gasteiger partial charge in [0, 0.05) is 25.2 Å². The highest BCUT2D eigenvalue weighted by atomic mass is 35.5. The van der Waals surface area contributed by atoms with Crippen molar-refractivity contribution in [3.63, 3.8) is 0 Å². The zero-order valence-corrected chi connectivity index (χ0v) is 15.9. The summed E-state index contributed by atoms with van der Waals surface area (Å²) in [5.41, 5.74) is 0. The zero-order chi connectivity index (χ0) is 14.7. The van der Waals surface area contributed by atoms with Crippen molar-refractivity contribution in [1.82, 2.24) is 15.5 Å². The van der Waals surface area contributed by atoms with Crippen LogP contribution in [0.15, 0.2) is 0 Å². The van der Waals surface area contributed by atoms with Gasteiger partial charge in [-0.05, 0) is 51.0 Å². The van der Waals surface area contributed by atoms with Crippen LogP contribution in [0.4, 0.5) is 0 Å². The highest BCUT2D eigenvalue weighted by Crippen LogP contribution is 2.33. The number of nitrogens with one attached hydrogen (secondary N) is 2. The van der Waals surface area contributed by atoms with E-state index in [2.05, 4.69) is 22.5 Å². The number of nitrogens with zero attached hydrogens (tertiary/aromatic N) is 1. The molecule has 0 radical (unpaired) electrons. The van der Waals surface area contributed by atoms with Crippen molar-refractivity contribution >= 4 is 30.7 Å². The van der Waals surface area contributed by atoms with Crippen LogP contribution in [-0.4, -0.2) is 48.6 Å². The number of hydrogen-bond donors (Lipinski definition) is 2. The van der Waals surface area contributed by atoms with Gasteiger partial charge >= 0.3 is 0 Å². The predicted molar refractivity (Wildman–Crippen MR) is 99.7 cm³/mol. The number of piperidine rings is 1. The minimum atomic E-state index is 0. The number of halogens is 2. The Hall–Kier alpha value is -0.0300. The lowest BCUT2D eigenvalue weighted by Gasteiger charge is -2.32. The van der Waals surface area contributed by atoms with E-state index < -0.39 is 0 Å². The maximum Gasteiger partial charge on any atom is 0.237 e. The van der Waals surface area contributed by atoms with Gasteiger partial charge in [-0.2, -0.15) is 0 Å². The standard InChI is InChI=1S/C17H31N3O.2ClH/c1-2-9-20-10-7-14(8-11-20)18-17(21)16-12-13-5-3-4-6-15(13)19-16;;/h13-16,19H,2-12H2,1H3,(H,18,21);2*1H. The molecule has 6 heteroatoms. The van der Waals surface area contributed by atoms with Crippen LogP contribution in [0.2, 0.25) is 0 Å². The van der Waals surface area contributed by atoms with E-state index in [1.54, 1.807) is 0 Å². The molecule has 136 valence electrons. The summed E-state index contributed by atoms with van der Waals surface area (Å²) >= 11 is 0. The van der Waals surface area contributed by atoms with E-state index >= 15 is 0 Å². The fourth-order valence-electron chi connectivity index (χ4n) is 4.44. The second-order valence-corrected chi connectivity index (χ2v) is 7.23. The molecule has 4 nitrogen and oxygen atoms in total. The van der Waals surface area contributed by atoms with Crippen LogP contribution in [0.3, 0.4) is 0 Å². The lowest BCUT2D eigenvalue weighted by molar-refractivity contribution is -0.123. The van der Waals surface area contributed by atoms with Crippen molar-refractivity contribution in [3.8, 4) is 0 Å². The number of rotatable bonds is 4. The molecule has 1 saturated carbocycles. The largest absolute Gasteiger partial charge is 0.352 e. The minimum absolute atomic E-state index is 0. The van der Waals surface area contributed by atoms with E-state index in [-0.39, 0.29) is 36.8 Å². The lowest BCUT2D eigenvalue weighted by Crippen LogP contribution is -2.50. The van der Waals surface area contributed by atoms with Crippen molar-refractivity contribution in [3.05, 3.63) is 0 Å². The predicted octanol–water partition coefficient (Wildman–Crippen LogP) is 2.74. The van der Waals surface area contributed by atoms with E-state index in [1.165, 1.54) is 38.6 Å². The SMILES string of the molecule is CCCN1CCC(NC(=O)C2CC3CCCCC3N2)CC1.Cl.Cl. The molecule has 0 bridgehead atoms. The van der Waals surface area contributed by atoms with Crippen LogP contribution in [0.5, 0.6) is 0 Å². The number of carbonyl (C=O) groups excluding carboxylic acids is 1. The summed E-state index contributed by atoms with van der Waals surface area (Å²) < 4.78 is 0. The van der Waals surface area contributed by atoms with E-state index in [0.29, 0.717) is 12.1 Å². The monoisotopic (exact) mass is 365 g/mol. The third kappa shape index (κ3) is 5.48. The van der Waals surface area contributed by atoms with Crippen LogP contribution < -0.4 is 10.6 Å². The summed E-state index contributed by atoms with van der Waals surface area (Å²) in [6.07, 6.45) is 9.79. The van der Waals surface area contributed by atoms with Crippen molar-refractivity contribution < 1.29 is 4.79 Å². The van der Waals surface area contributed by atoms with Gasteiger partial charge in [0.15, 0.2) is 0 Å². The molecule has 2 aliphatic heterocycles. The molecule has 0 aromatic rings. The summed E-state index contributed by atoms with van der Waals surface area (Å²) in [6, 6.07) is 1.09. The van der Waals surface area contributed by atoms with Crippen LogP contribution in [-0.2, 0) is 4.79 Å². The van der Waals surface area contributed by atoms with Gasteiger partial charge in [0.2, 0.25) is 5.91 Å². The molecule has 2 saturated heterocycles. The molecule has 3 aliphatic rings. The Labute approximate surface area is 153 Å². The lowest BCUT2D eigenvalue weighted by atomic mass is 9.85. The fraction of sp³-hybridized carbons (Fsp3) is 0.941. The van der Waals surface area contributed by atoms with Gasteiger partial charge in [0.25, 0.3) is 0 Å². The van der Waals surface area contributed by atoms with Gasteiger partial charge in [0.05, 0.1) is 6.04 Å². The zero-order valence-electron chi connectivity index (χ0n) is 14.3. The molecular formula is C17H33Cl2N3O. The van der Waals surface area contributed by atoms with Gasteiger partial charge in [-0.1, -0.05) is 19.8 Å². The first-order valence-corrected chi connectivity index (χ1v) is 9.05. The van der Waals surface area contributed by atoms with Crippen LogP contribution in [0, 0.1) is 5.92 Å². The summed E-state index contributed by atoms with van der Waals surface area (Å²) in [5, 5.41) is 6.89. The van der Waals surface area contributed by atoms with Gasteiger partial charge in [-0.3, -0.25) is 4.79 Å². The molecule has 2 N–H and O–H groups in total. The van der Waals surface area contributed by atoms with E-state index in [1.807, 2.05) is 0 Å². The average molecular weight is 366 g/mol. The third-order valence-corrected chi connectivity index (χ3v) is 5.65. The normalized spacial score (nSPS) is 31.6. The summed E-state index contributed by atoms with van der Waals surface area (Å²) in [5.74, 6) is 1.01. The second-order valence-electron chi connectivity index (χ2n) is 7.23. The summed E-state index contributed by atoms with van der Waals surface area (Å²) in [7, 11) is 0. The molecule has 1 amide bonds. The fourth-order valence-corrected chi connectivity index (χ4v) is 4.44. The first-order valence-electron chi connectivity index (χ1n) is 9.05. The second kappa shape index (κ2) is 10.1. The van der Waals surface area contributed by atoms with E-state index in [0.717, 1.165) is 38.3 Å². The van der Waals surface area contributed by atoms with Gasteiger partial charge in [-0.15, -0.1) is 24.8 Å². The Bertz CT molecular complexity index is 348. The highest BCUT2D eigenvalue weighted by Gasteiger charge is 2.38. The van der Waals surface area contributed by atoms with E-state index in [4.69, 9.17) is 0 Å². The molecule has 1 aliphatic carbocycles. The average Bonchev–Trinajstić information content (AvgIpc) is 2.94.